The first-order valence-electron chi connectivity index (χ1n) is 7.52. The highest BCUT2D eigenvalue weighted by molar-refractivity contribution is 5.77. The summed E-state index contributed by atoms with van der Waals surface area (Å²) in [6.45, 7) is 6.01. The number of nitrogens with zero attached hydrogens (tertiary/aromatic N) is 2. The molecule has 7 heteroatoms. The van der Waals surface area contributed by atoms with Crippen molar-refractivity contribution in [2.45, 2.75) is 27.3 Å². The Morgan fingerprint density at radius 2 is 1.67 bits per heavy atom. The van der Waals surface area contributed by atoms with E-state index in [2.05, 4.69) is 10.4 Å². The van der Waals surface area contributed by atoms with Crippen molar-refractivity contribution in [1.82, 2.24) is 15.1 Å². The average Bonchev–Trinajstić information content (AvgIpc) is 2.85. The van der Waals surface area contributed by atoms with Gasteiger partial charge in [-0.3, -0.25) is 0 Å². The van der Waals surface area contributed by atoms with E-state index >= 15 is 0 Å². The van der Waals surface area contributed by atoms with Gasteiger partial charge in [0, 0.05) is 12.2 Å². The molecule has 130 valence electrons. The van der Waals surface area contributed by atoms with Crippen LogP contribution in [0.2, 0.25) is 0 Å². The van der Waals surface area contributed by atoms with E-state index in [0.717, 1.165) is 22.5 Å². The number of carbonyl (C=O) groups excluding carboxylic acids is 1. The van der Waals surface area contributed by atoms with Crippen LogP contribution in [0.3, 0.4) is 0 Å². The number of hydrogen-bond donors (Lipinski definition) is 1. The molecule has 1 N–H and O–H groups in total. The van der Waals surface area contributed by atoms with Crippen molar-refractivity contribution >= 4 is 6.03 Å². The molecule has 0 aliphatic heterocycles. The van der Waals surface area contributed by atoms with Crippen molar-refractivity contribution in [3.05, 3.63) is 34.6 Å². The van der Waals surface area contributed by atoms with E-state index in [1.165, 1.54) is 4.68 Å². The maximum absolute atomic E-state index is 12.3. The van der Waals surface area contributed by atoms with Crippen LogP contribution in [-0.2, 0) is 6.54 Å². The van der Waals surface area contributed by atoms with Crippen LogP contribution < -0.4 is 19.5 Å². The molecular formula is C17H23N3O4. The first-order chi connectivity index (χ1) is 11.4. The molecule has 0 saturated carbocycles. The number of aromatic nitrogens is 2. The van der Waals surface area contributed by atoms with Crippen molar-refractivity contribution in [2.75, 3.05) is 21.3 Å². The summed E-state index contributed by atoms with van der Waals surface area (Å²) >= 11 is 0. The molecule has 0 aliphatic rings. The van der Waals surface area contributed by atoms with Gasteiger partial charge in [-0.1, -0.05) is 0 Å². The fourth-order valence-corrected chi connectivity index (χ4v) is 2.41. The number of methoxy groups -OCH3 is 3. The lowest BCUT2D eigenvalue weighted by molar-refractivity contribution is 0.238. The zero-order chi connectivity index (χ0) is 17.9. The number of aryl methyl sites for hydroxylation is 1. The van der Waals surface area contributed by atoms with E-state index in [9.17, 15) is 4.79 Å². The molecule has 1 aromatic heterocycles. The predicted octanol–water partition coefficient (Wildman–Crippen LogP) is 2.59. The third kappa shape index (κ3) is 3.29. The zero-order valence-corrected chi connectivity index (χ0v) is 14.9. The molecule has 0 radical (unpaired) electrons. The summed E-state index contributed by atoms with van der Waals surface area (Å²) in [5.41, 5.74) is 3.51. The second kappa shape index (κ2) is 7.25. The van der Waals surface area contributed by atoms with Gasteiger partial charge >= 0.3 is 6.03 Å². The van der Waals surface area contributed by atoms with Crippen LogP contribution in [-0.4, -0.2) is 37.1 Å². The Balaban J connectivity index is 2.19. The highest BCUT2D eigenvalue weighted by Crippen LogP contribution is 2.38. The Bertz CT molecular complexity index is 728. The highest BCUT2D eigenvalue weighted by Gasteiger charge is 2.16. The van der Waals surface area contributed by atoms with Gasteiger partial charge in [-0.25, -0.2) is 4.79 Å². The lowest BCUT2D eigenvalue weighted by Crippen LogP contribution is -2.29. The van der Waals surface area contributed by atoms with E-state index in [4.69, 9.17) is 14.2 Å². The van der Waals surface area contributed by atoms with Crippen LogP contribution in [0.1, 0.15) is 22.5 Å². The van der Waals surface area contributed by atoms with Crippen LogP contribution in [0, 0.1) is 20.8 Å². The van der Waals surface area contributed by atoms with Crippen molar-refractivity contribution in [3.8, 4) is 17.2 Å². The minimum atomic E-state index is -0.280. The topological polar surface area (TPSA) is 74.6 Å². The van der Waals surface area contributed by atoms with Gasteiger partial charge in [0.1, 0.15) is 0 Å². The predicted molar refractivity (Wildman–Crippen MR) is 90.2 cm³/mol. The van der Waals surface area contributed by atoms with Crippen molar-refractivity contribution in [1.29, 1.82) is 0 Å². The smallest absolute Gasteiger partial charge is 0.342 e. The number of rotatable bonds is 5. The zero-order valence-electron chi connectivity index (χ0n) is 14.9. The van der Waals surface area contributed by atoms with Crippen LogP contribution in [0.25, 0.3) is 0 Å². The lowest BCUT2D eigenvalue weighted by atomic mass is 10.2. The third-order valence-corrected chi connectivity index (χ3v) is 4.01. The molecule has 7 nitrogen and oxygen atoms in total. The Labute approximate surface area is 141 Å². The Morgan fingerprint density at radius 1 is 1.08 bits per heavy atom. The molecule has 2 rings (SSSR count). The van der Waals surface area contributed by atoms with Crippen LogP contribution in [0.5, 0.6) is 17.2 Å². The standard InChI is InChI=1S/C17H23N3O4/c1-10-11(2)19-20(12(10)3)17(21)18-9-13-7-14(22-4)16(24-6)15(8-13)23-5/h7-8H,9H2,1-6H3,(H,18,21). The fourth-order valence-electron chi connectivity index (χ4n) is 2.41. The van der Waals surface area contributed by atoms with E-state index in [1.54, 1.807) is 33.5 Å². The number of carbonyl (C=O) groups is 1. The summed E-state index contributed by atoms with van der Waals surface area (Å²) in [7, 11) is 4.66. The molecule has 1 aromatic carbocycles. The Morgan fingerprint density at radius 3 is 2.08 bits per heavy atom. The summed E-state index contributed by atoms with van der Waals surface area (Å²) in [5.74, 6) is 1.61. The Kier molecular flexibility index (Phi) is 5.33. The number of amides is 1. The Hall–Kier alpha value is -2.70. The largest absolute Gasteiger partial charge is 0.493 e. The monoisotopic (exact) mass is 333 g/mol. The van der Waals surface area contributed by atoms with Gasteiger partial charge in [-0.15, -0.1) is 0 Å². The maximum atomic E-state index is 12.3. The number of ether oxygens (including phenoxy) is 3. The minimum Gasteiger partial charge on any atom is -0.493 e. The van der Waals surface area contributed by atoms with Crippen molar-refractivity contribution in [2.24, 2.45) is 0 Å². The second-order valence-electron chi connectivity index (χ2n) is 5.40. The molecule has 0 saturated heterocycles. The second-order valence-corrected chi connectivity index (χ2v) is 5.40. The molecule has 1 heterocycles. The molecule has 1 amide bonds. The molecule has 0 fully saturated rings. The normalized spacial score (nSPS) is 10.4. The highest BCUT2D eigenvalue weighted by atomic mass is 16.5. The van der Waals surface area contributed by atoms with Gasteiger partial charge in [0.15, 0.2) is 11.5 Å². The third-order valence-electron chi connectivity index (χ3n) is 4.01. The maximum Gasteiger partial charge on any atom is 0.342 e. The quantitative estimate of drug-likeness (QED) is 0.910. The molecule has 0 aliphatic carbocycles. The summed E-state index contributed by atoms with van der Waals surface area (Å²) < 4.78 is 17.3. The molecule has 0 unspecified atom stereocenters. The van der Waals surface area contributed by atoms with E-state index in [1.807, 2.05) is 20.8 Å². The van der Waals surface area contributed by atoms with Gasteiger partial charge in [-0.05, 0) is 44.0 Å². The van der Waals surface area contributed by atoms with Gasteiger partial charge in [0.25, 0.3) is 0 Å². The van der Waals surface area contributed by atoms with Crippen LogP contribution in [0.15, 0.2) is 12.1 Å². The molecule has 24 heavy (non-hydrogen) atoms. The molecule has 0 spiro atoms. The lowest BCUT2D eigenvalue weighted by Gasteiger charge is -2.14. The molecule has 0 bridgehead atoms. The SMILES string of the molecule is COc1cc(CNC(=O)n2nc(C)c(C)c2C)cc(OC)c1OC. The fraction of sp³-hybridized carbons (Fsp3) is 0.412. The molecule has 2 aromatic rings. The summed E-state index contributed by atoms with van der Waals surface area (Å²) in [6, 6.07) is 3.32. The van der Waals surface area contributed by atoms with Crippen molar-refractivity contribution in [3.63, 3.8) is 0 Å². The van der Waals surface area contributed by atoms with Gasteiger partial charge in [0.2, 0.25) is 5.75 Å². The van der Waals surface area contributed by atoms with Crippen LogP contribution in [0.4, 0.5) is 4.79 Å². The number of benzene rings is 1. The van der Waals surface area contributed by atoms with Crippen molar-refractivity contribution < 1.29 is 19.0 Å². The first-order valence-corrected chi connectivity index (χ1v) is 7.52. The van der Waals surface area contributed by atoms with E-state index < -0.39 is 0 Å². The minimum absolute atomic E-state index is 0.280. The van der Waals surface area contributed by atoms with Gasteiger partial charge in [-0.2, -0.15) is 9.78 Å². The van der Waals surface area contributed by atoms with Gasteiger partial charge in [0.05, 0.1) is 27.0 Å². The van der Waals surface area contributed by atoms with Crippen LogP contribution >= 0.6 is 0 Å². The number of nitrogens with one attached hydrogen (secondary N) is 1. The summed E-state index contributed by atoms with van der Waals surface area (Å²) in [4.78, 5) is 12.3. The molecule has 0 atom stereocenters. The summed E-state index contributed by atoms with van der Waals surface area (Å²) in [5, 5.41) is 7.10. The summed E-state index contributed by atoms with van der Waals surface area (Å²) in [6.07, 6.45) is 0. The van der Waals surface area contributed by atoms with E-state index in [0.29, 0.717) is 23.8 Å². The van der Waals surface area contributed by atoms with E-state index in [-0.39, 0.29) is 6.03 Å². The molecular weight excluding hydrogens is 310 g/mol. The first kappa shape index (κ1) is 17.7. The van der Waals surface area contributed by atoms with Gasteiger partial charge < -0.3 is 19.5 Å². The average molecular weight is 333 g/mol. The number of hydrogen-bond acceptors (Lipinski definition) is 5.